The van der Waals surface area contributed by atoms with Crippen LogP contribution >= 0.6 is 11.8 Å². The number of carboxylic acid groups (broad SMARTS) is 1. The molecule has 0 bridgehead atoms. The van der Waals surface area contributed by atoms with Crippen molar-refractivity contribution in [2.24, 2.45) is 0 Å². The van der Waals surface area contributed by atoms with Gasteiger partial charge >= 0.3 is 5.97 Å². The summed E-state index contributed by atoms with van der Waals surface area (Å²) in [6, 6.07) is 3.35. The van der Waals surface area contributed by atoms with Crippen molar-refractivity contribution >= 4 is 17.7 Å². The Morgan fingerprint density at radius 2 is 2.16 bits per heavy atom. The quantitative estimate of drug-likeness (QED) is 0.893. The zero-order valence-corrected chi connectivity index (χ0v) is 12.3. The number of fused-ring (bicyclic) bond motifs is 1. The van der Waals surface area contributed by atoms with Crippen molar-refractivity contribution in [3.63, 3.8) is 0 Å². The molecule has 1 aromatic carbocycles. The third-order valence-electron chi connectivity index (χ3n) is 2.95. The molecule has 0 aliphatic carbocycles. The van der Waals surface area contributed by atoms with E-state index in [1.807, 2.05) is 13.8 Å². The maximum Gasteiger partial charge on any atom is 0.336 e. The van der Waals surface area contributed by atoms with Crippen LogP contribution < -0.4 is 0 Å². The standard InChI is InChI=1S/C12H14O4S.C2H6/c1-16-9-4-5-17-10-3-2-7(12(14)15)8(6-13)11(9)10;1-2/h2-3,9,13H,4-6H2,1H3,(H,14,15);1-2H3. The molecule has 1 unspecified atom stereocenters. The Morgan fingerprint density at radius 1 is 1.47 bits per heavy atom. The van der Waals surface area contributed by atoms with Crippen LogP contribution in [0.1, 0.15) is 47.9 Å². The molecule has 1 aliphatic rings. The molecule has 0 aromatic heterocycles. The molecule has 4 nitrogen and oxygen atoms in total. The van der Waals surface area contributed by atoms with Gasteiger partial charge in [0.1, 0.15) is 0 Å². The number of aromatic carboxylic acids is 1. The molecule has 0 spiro atoms. The summed E-state index contributed by atoms with van der Waals surface area (Å²) in [6.45, 7) is 3.73. The molecule has 0 saturated heterocycles. The first-order chi connectivity index (χ1) is 9.19. The highest BCUT2D eigenvalue weighted by atomic mass is 32.2. The van der Waals surface area contributed by atoms with Gasteiger partial charge < -0.3 is 14.9 Å². The SMILES string of the molecule is CC.COC1CCSc2ccc(C(=O)O)c(CO)c21. The smallest absolute Gasteiger partial charge is 0.336 e. The summed E-state index contributed by atoms with van der Waals surface area (Å²) < 4.78 is 5.38. The number of carbonyl (C=O) groups is 1. The number of rotatable bonds is 3. The minimum absolute atomic E-state index is 0.118. The van der Waals surface area contributed by atoms with E-state index in [-0.39, 0.29) is 18.3 Å². The highest BCUT2D eigenvalue weighted by Crippen LogP contribution is 2.40. The van der Waals surface area contributed by atoms with Crippen molar-refractivity contribution < 1.29 is 19.7 Å². The van der Waals surface area contributed by atoms with Gasteiger partial charge in [-0.1, -0.05) is 13.8 Å². The summed E-state index contributed by atoms with van der Waals surface area (Å²) in [5.74, 6) is -0.0646. The lowest BCUT2D eigenvalue weighted by Gasteiger charge is -2.26. The van der Waals surface area contributed by atoms with E-state index in [0.717, 1.165) is 22.6 Å². The molecule has 2 rings (SSSR count). The highest BCUT2D eigenvalue weighted by Gasteiger charge is 2.26. The third kappa shape index (κ3) is 3.29. The van der Waals surface area contributed by atoms with Crippen LogP contribution in [0.25, 0.3) is 0 Å². The summed E-state index contributed by atoms with van der Waals surface area (Å²) in [5.41, 5.74) is 1.48. The Morgan fingerprint density at radius 3 is 2.68 bits per heavy atom. The molecule has 0 fully saturated rings. The van der Waals surface area contributed by atoms with Gasteiger partial charge in [0.05, 0.1) is 18.3 Å². The maximum absolute atomic E-state index is 11.1. The first-order valence-corrected chi connectivity index (χ1v) is 7.33. The van der Waals surface area contributed by atoms with Crippen molar-refractivity contribution in [2.45, 2.75) is 37.9 Å². The van der Waals surface area contributed by atoms with Gasteiger partial charge in [0, 0.05) is 23.3 Å². The van der Waals surface area contributed by atoms with Crippen molar-refractivity contribution in [1.29, 1.82) is 0 Å². The van der Waals surface area contributed by atoms with Crippen molar-refractivity contribution in [3.05, 3.63) is 28.8 Å². The number of benzene rings is 1. The summed E-state index contributed by atoms with van der Waals surface area (Å²) in [6.07, 6.45) is 0.720. The Hall–Kier alpha value is -1.04. The van der Waals surface area contributed by atoms with Crippen LogP contribution in [0, 0.1) is 0 Å². The second-order valence-electron chi connectivity index (χ2n) is 3.83. The van der Waals surface area contributed by atoms with Gasteiger partial charge in [0.2, 0.25) is 0 Å². The second-order valence-corrected chi connectivity index (χ2v) is 4.96. The normalized spacial score (nSPS) is 17.2. The van der Waals surface area contributed by atoms with Gasteiger partial charge in [-0.25, -0.2) is 4.79 Å². The summed E-state index contributed by atoms with van der Waals surface area (Å²) in [5, 5.41) is 18.5. The molecular formula is C14H20O4S. The fourth-order valence-electron chi connectivity index (χ4n) is 2.15. The van der Waals surface area contributed by atoms with Crippen LogP contribution in [0.4, 0.5) is 0 Å². The lowest BCUT2D eigenvalue weighted by Crippen LogP contribution is -2.15. The van der Waals surface area contributed by atoms with E-state index in [2.05, 4.69) is 0 Å². The Bertz CT molecular complexity index is 445. The van der Waals surface area contributed by atoms with Gasteiger partial charge in [-0.05, 0) is 24.1 Å². The molecule has 0 radical (unpaired) electrons. The van der Waals surface area contributed by atoms with Crippen molar-refractivity contribution in [3.8, 4) is 0 Å². The average molecular weight is 284 g/mol. The Kier molecular flexibility index (Phi) is 6.34. The number of carboxylic acids is 1. The molecule has 5 heteroatoms. The van der Waals surface area contributed by atoms with E-state index in [0.29, 0.717) is 5.56 Å². The van der Waals surface area contributed by atoms with Crippen LogP contribution in [0.3, 0.4) is 0 Å². The summed E-state index contributed by atoms with van der Waals surface area (Å²) in [4.78, 5) is 12.1. The monoisotopic (exact) mass is 284 g/mol. The molecule has 2 N–H and O–H groups in total. The number of hydrogen-bond acceptors (Lipinski definition) is 4. The molecule has 1 aromatic rings. The molecule has 1 atom stereocenters. The lowest BCUT2D eigenvalue weighted by atomic mass is 9.95. The van der Waals surface area contributed by atoms with E-state index >= 15 is 0 Å². The second kappa shape index (κ2) is 7.53. The van der Waals surface area contributed by atoms with Crippen molar-refractivity contribution in [2.75, 3.05) is 12.9 Å². The fourth-order valence-corrected chi connectivity index (χ4v) is 3.27. The summed E-state index contributed by atoms with van der Waals surface area (Å²) in [7, 11) is 1.61. The molecule has 106 valence electrons. The minimum atomic E-state index is -1.01. The Labute approximate surface area is 117 Å². The molecule has 0 amide bonds. The van der Waals surface area contributed by atoms with Gasteiger partial charge in [-0.3, -0.25) is 0 Å². The number of methoxy groups -OCH3 is 1. The number of aliphatic hydroxyl groups excluding tert-OH is 1. The van der Waals surface area contributed by atoms with Crippen LogP contribution in [-0.4, -0.2) is 29.0 Å². The van der Waals surface area contributed by atoms with Gasteiger partial charge in [0.25, 0.3) is 0 Å². The maximum atomic E-state index is 11.1. The number of aliphatic hydroxyl groups is 1. The molecular weight excluding hydrogens is 264 g/mol. The highest BCUT2D eigenvalue weighted by molar-refractivity contribution is 7.99. The van der Waals surface area contributed by atoms with E-state index in [4.69, 9.17) is 9.84 Å². The number of hydrogen-bond donors (Lipinski definition) is 2. The average Bonchev–Trinajstić information content (AvgIpc) is 2.47. The van der Waals surface area contributed by atoms with Crippen LogP contribution in [0.2, 0.25) is 0 Å². The topological polar surface area (TPSA) is 66.8 Å². The number of thioether (sulfide) groups is 1. The fraction of sp³-hybridized carbons (Fsp3) is 0.500. The molecule has 1 aliphatic heterocycles. The first kappa shape index (κ1) is 16.0. The van der Waals surface area contributed by atoms with Crippen molar-refractivity contribution in [1.82, 2.24) is 0 Å². The van der Waals surface area contributed by atoms with E-state index in [9.17, 15) is 9.90 Å². The zero-order chi connectivity index (χ0) is 14.4. The van der Waals surface area contributed by atoms with Gasteiger partial charge in [-0.2, -0.15) is 0 Å². The largest absolute Gasteiger partial charge is 0.478 e. The van der Waals surface area contributed by atoms with Crippen LogP contribution in [-0.2, 0) is 11.3 Å². The van der Waals surface area contributed by atoms with E-state index in [1.54, 1.807) is 31.0 Å². The van der Waals surface area contributed by atoms with Crippen LogP contribution in [0.5, 0.6) is 0 Å². The van der Waals surface area contributed by atoms with E-state index in [1.165, 1.54) is 0 Å². The van der Waals surface area contributed by atoms with E-state index < -0.39 is 5.97 Å². The predicted octanol–water partition coefficient (Wildman–Crippen LogP) is 3.09. The predicted molar refractivity (Wildman–Crippen MR) is 75.8 cm³/mol. The molecule has 19 heavy (non-hydrogen) atoms. The zero-order valence-electron chi connectivity index (χ0n) is 11.5. The first-order valence-electron chi connectivity index (χ1n) is 6.34. The lowest BCUT2D eigenvalue weighted by molar-refractivity contribution is 0.0689. The van der Waals surface area contributed by atoms with Gasteiger partial charge in [0.15, 0.2) is 0 Å². The molecule has 1 heterocycles. The Balaban J connectivity index is 0.000000861. The third-order valence-corrected chi connectivity index (χ3v) is 4.06. The molecule has 0 saturated carbocycles. The summed E-state index contributed by atoms with van der Waals surface area (Å²) >= 11 is 1.67. The van der Waals surface area contributed by atoms with Crippen LogP contribution in [0.15, 0.2) is 17.0 Å². The minimum Gasteiger partial charge on any atom is -0.478 e. The van der Waals surface area contributed by atoms with Gasteiger partial charge in [-0.15, -0.1) is 11.8 Å². The number of ether oxygens (including phenoxy) is 1.